The highest BCUT2D eigenvalue weighted by Crippen LogP contribution is 2.31. The van der Waals surface area contributed by atoms with Gasteiger partial charge < -0.3 is 23.7 Å². The Morgan fingerprint density at radius 2 is 1.49 bits per heavy atom. The number of barbiturate groups is 1. The molecule has 0 atom stereocenters. The molecule has 1 N–H and O–H groups in total. The van der Waals surface area contributed by atoms with Crippen molar-refractivity contribution in [3.8, 4) is 28.7 Å². The van der Waals surface area contributed by atoms with Gasteiger partial charge in [-0.3, -0.25) is 14.9 Å². The van der Waals surface area contributed by atoms with Crippen LogP contribution in [0.2, 0.25) is 0 Å². The van der Waals surface area contributed by atoms with Crippen LogP contribution in [0.15, 0.2) is 72.3 Å². The largest absolute Gasteiger partial charge is 0.497 e. The molecule has 1 aliphatic heterocycles. The van der Waals surface area contributed by atoms with Gasteiger partial charge in [-0.2, -0.15) is 0 Å². The fraction of sp³-hybridized carbons (Fsp3) is 0.207. The van der Waals surface area contributed by atoms with Gasteiger partial charge in [0.05, 0.1) is 26.5 Å². The normalized spacial score (nSPS) is 14.2. The number of rotatable bonds is 11. The summed E-state index contributed by atoms with van der Waals surface area (Å²) < 4.78 is 27.6. The van der Waals surface area contributed by atoms with Gasteiger partial charge in [0, 0.05) is 6.07 Å². The van der Waals surface area contributed by atoms with Crippen LogP contribution in [0.25, 0.3) is 6.08 Å². The van der Waals surface area contributed by atoms with Crippen LogP contribution in [0.3, 0.4) is 0 Å². The van der Waals surface area contributed by atoms with Crippen LogP contribution >= 0.6 is 0 Å². The van der Waals surface area contributed by atoms with Gasteiger partial charge in [0.15, 0.2) is 11.5 Å². The minimum Gasteiger partial charge on any atom is -0.497 e. The number of carbonyl (C=O) groups excluding carboxylic acids is 3. The van der Waals surface area contributed by atoms with Crippen LogP contribution in [0, 0.1) is 0 Å². The van der Waals surface area contributed by atoms with Gasteiger partial charge in [0.2, 0.25) is 0 Å². The lowest BCUT2D eigenvalue weighted by Gasteiger charge is -2.26. The Balaban J connectivity index is 1.49. The molecule has 10 heteroatoms. The SMILES string of the molecule is CCOc1cc(/C=C2/C(=O)NC(=O)N(c3ccc(OC)cc3)C2=O)ccc1OCCOc1cccc(OC)c1. The summed E-state index contributed by atoms with van der Waals surface area (Å²) in [5.41, 5.74) is 0.612. The molecule has 39 heavy (non-hydrogen) atoms. The maximum atomic E-state index is 13.2. The Morgan fingerprint density at radius 1 is 0.769 bits per heavy atom. The fourth-order valence-corrected chi connectivity index (χ4v) is 3.79. The van der Waals surface area contributed by atoms with Crippen LogP contribution in [0.5, 0.6) is 28.7 Å². The third-order valence-electron chi connectivity index (χ3n) is 5.66. The van der Waals surface area contributed by atoms with Crippen molar-refractivity contribution in [3.05, 3.63) is 77.9 Å². The number of ether oxygens (including phenoxy) is 5. The van der Waals surface area contributed by atoms with E-state index in [1.807, 2.05) is 25.1 Å². The molecule has 0 saturated carbocycles. The van der Waals surface area contributed by atoms with Crippen molar-refractivity contribution >= 4 is 29.6 Å². The lowest BCUT2D eigenvalue weighted by atomic mass is 10.1. The van der Waals surface area contributed by atoms with Crippen LogP contribution < -0.4 is 33.9 Å². The third kappa shape index (κ3) is 6.48. The molecular weight excluding hydrogens is 504 g/mol. The molecule has 3 aromatic carbocycles. The van der Waals surface area contributed by atoms with Crippen molar-refractivity contribution < 1.29 is 38.1 Å². The quantitative estimate of drug-likeness (QED) is 0.222. The number of nitrogens with one attached hydrogen (secondary N) is 1. The zero-order valence-electron chi connectivity index (χ0n) is 21.8. The maximum Gasteiger partial charge on any atom is 0.335 e. The predicted octanol–water partition coefficient (Wildman–Crippen LogP) is 4.23. The molecule has 10 nitrogen and oxygen atoms in total. The fourth-order valence-electron chi connectivity index (χ4n) is 3.79. The summed E-state index contributed by atoms with van der Waals surface area (Å²) in [6.45, 7) is 2.74. The highest BCUT2D eigenvalue weighted by Gasteiger charge is 2.36. The van der Waals surface area contributed by atoms with E-state index in [2.05, 4.69) is 5.32 Å². The standard InChI is InChI=1S/C29H28N2O8/c1-4-37-26-17-19(8-13-25(26)39-15-14-38-23-7-5-6-22(18-23)36-3)16-24-27(32)30-29(34)31(28(24)33)20-9-11-21(35-2)12-10-20/h5-13,16-18H,4,14-15H2,1-3H3,(H,30,32,34)/b24-16-. The number of hydrogen-bond acceptors (Lipinski definition) is 8. The number of hydrogen-bond donors (Lipinski definition) is 1. The molecule has 0 radical (unpaired) electrons. The molecule has 0 aromatic heterocycles. The van der Waals surface area contributed by atoms with E-state index in [0.29, 0.717) is 46.6 Å². The third-order valence-corrected chi connectivity index (χ3v) is 5.66. The van der Waals surface area contributed by atoms with Gasteiger partial charge in [-0.15, -0.1) is 0 Å². The lowest BCUT2D eigenvalue weighted by molar-refractivity contribution is -0.122. The Kier molecular flexibility index (Phi) is 8.67. The summed E-state index contributed by atoms with van der Waals surface area (Å²) in [7, 11) is 3.10. The van der Waals surface area contributed by atoms with Gasteiger partial charge in [-0.1, -0.05) is 12.1 Å². The first-order valence-corrected chi connectivity index (χ1v) is 12.2. The molecule has 1 fully saturated rings. The minimum atomic E-state index is -0.831. The number of anilines is 1. The molecule has 1 aliphatic rings. The van der Waals surface area contributed by atoms with Crippen molar-refractivity contribution in [1.82, 2.24) is 5.32 Å². The topological polar surface area (TPSA) is 113 Å². The second kappa shape index (κ2) is 12.5. The Bertz CT molecular complexity index is 1380. The molecular formula is C29H28N2O8. The van der Waals surface area contributed by atoms with E-state index in [4.69, 9.17) is 23.7 Å². The van der Waals surface area contributed by atoms with E-state index >= 15 is 0 Å². The number of amides is 4. The van der Waals surface area contributed by atoms with Gasteiger partial charge >= 0.3 is 6.03 Å². The second-order valence-corrected chi connectivity index (χ2v) is 8.17. The molecule has 0 bridgehead atoms. The predicted molar refractivity (Wildman–Crippen MR) is 144 cm³/mol. The highest BCUT2D eigenvalue weighted by atomic mass is 16.5. The van der Waals surface area contributed by atoms with E-state index < -0.39 is 17.8 Å². The van der Waals surface area contributed by atoms with Crippen molar-refractivity contribution in [1.29, 1.82) is 0 Å². The van der Waals surface area contributed by atoms with Crippen molar-refractivity contribution in [2.45, 2.75) is 6.92 Å². The highest BCUT2D eigenvalue weighted by molar-refractivity contribution is 6.39. The monoisotopic (exact) mass is 532 g/mol. The van der Waals surface area contributed by atoms with Crippen LogP contribution in [-0.4, -0.2) is 51.9 Å². The minimum absolute atomic E-state index is 0.201. The maximum absolute atomic E-state index is 13.2. The Labute approximate surface area is 225 Å². The number of carbonyl (C=O) groups is 3. The average molecular weight is 533 g/mol. The number of methoxy groups -OCH3 is 2. The van der Waals surface area contributed by atoms with Gasteiger partial charge in [-0.05, 0) is 67.1 Å². The van der Waals surface area contributed by atoms with Crippen molar-refractivity contribution in [2.24, 2.45) is 0 Å². The van der Waals surface area contributed by atoms with E-state index in [1.165, 1.54) is 13.2 Å². The summed E-state index contributed by atoms with van der Waals surface area (Å²) in [5, 5.41) is 2.21. The molecule has 202 valence electrons. The first-order valence-electron chi connectivity index (χ1n) is 12.2. The van der Waals surface area contributed by atoms with Crippen molar-refractivity contribution in [2.75, 3.05) is 38.9 Å². The van der Waals surface area contributed by atoms with E-state index in [9.17, 15) is 14.4 Å². The first-order chi connectivity index (χ1) is 18.9. The molecule has 4 amide bonds. The summed E-state index contributed by atoms with van der Waals surface area (Å²) in [6, 6.07) is 17.8. The molecule has 1 saturated heterocycles. The van der Waals surface area contributed by atoms with E-state index in [1.54, 1.807) is 55.6 Å². The van der Waals surface area contributed by atoms with Crippen LogP contribution in [0.1, 0.15) is 12.5 Å². The molecule has 3 aromatic rings. The van der Waals surface area contributed by atoms with Crippen LogP contribution in [-0.2, 0) is 9.59 Å². The zero-order valence-corrected chi connectivity index (χ0v) is 21.8. The number of urea groups is 1. The Morgan fingerprint density at radius 3 is 2.21 bits per heavy atom. The summed E-state index contributed by atoms with van der Waals surface area (Å²) in [6.07, 6.45) is 1.40. The zero-order chi connectivity index (χ0) is 27.8. The molecule has 0 aliphatic carbocycles. The molecule has 1 heterocycles. The van der Waals surface area contributed by atoms with Crippen molar-refractivity contribution in [3.63, 3.8) is 0 Å². The van der Waals surface area contributed by atoms with E-state index in [-0.39, 0.29) is 18.8 Å². The number of nitrogens with zero attached hydrogens (tertiary/aromatic N) is 1. The molecule has 0 spiro atoms. The van der Waals surface area contributed by atoms with Crippen LogP contribution in [0.4, 0.5) is 10.5 Å². The van der Waals surface area contributed by atoms with Gasteiger partial charge in [0.1, 0.15) is 36.0 Å². The number of imide groups is 2. The van der Waals surface area contributed by atoms with Gasteiger partial charge in [0.25, 0.3) is 11.8 Å². The molecule has 0 unspecified atom stereocenters. The summed E-state index contributed by atoms with van der Waals surface area (Å²) in [4.78, 5) is 39.1. The number of benzene rings is 3. The average Bonchev–Trinajstić information content (AvgIpc) is 2.95. The summed E-state index contributed by atoms with van der Waals surface area (Å²) >= 11 is 0. The summed E-state index contributed by atoms with van der Waals surface area (Å²) in [5.74, 6) is 1.28. The molecule has 4 rings (SSSR count). The van der Waals surface area contributed by atoms with E-state index in [0.717, 1.165) is 4.90 Å². The van der Waals surface area contributed by atoms with Gasteiger partial charge in [-0.25, -0.2) is 9.69 Å². The smallest absolute Gasteiger partial charge is 0.335 e. The first kappa shape index (κ1) is 27.1. The lowest BCUT2D eigenvalue weighted by Crippen LogP contribution is -2.54. The second-order valence-electron chi connectivity index (χ2n) is 8.17. The Hall–Kier alpha value is -4.99.